The second-order valence-corrected chi connectivity index (χ2v) is 8.68. The summed E-state index contributed by atoms with van der Waals surface area (Å²) < 4.78 is 42.5. The molecule has 2 amide bonds. The number of amides is 2. The molecule has 2 atom stereocenters. The highest BCUT2D eigenvalue weighted by Crippen LogP contribution is 2.31. The smallest absolute Gasteiger partial charge is 0.405 e. The van der Waals surface area contributed by atoms with Gasteiger partial charge in [0.1, 0.15) is 11.6 Å². The first-order valence-electron chi connectivity index (χ1n) is 11.0. The Balaban J connectivity index is 1.56. The van der Waals surface area contributed by atoms with Crippen LogP contribution in [0.15, 0.2) is 66.9 Å². The molecule has 0 spiro atoms. The van der Waals surface area contributed by atoms with Gasteiger partial charge in [-0.15, -0.1) is 13.2 Å². The Morgan fingerprint density at radius 3 is 2.50 bits per heavy atom. The molecule has 1 aliphatic rings. The first kappa shape index (κ1) is 25.3. The van der Waals surface area contributed by atoms with Crippen molar-refractivity contribution in [2.24, 2.45) is 0 Å². The van der Waals surface area contributed by atoms with Crippen molar-refractivity contribution in [1.82, 2.24) is 15.2 Å². The fraction of sp³-hybridized carbons (Fsp3) is 0.240. The molecule has 188 valence electrons. The fourth-order valence-corrected chi connectivity index (χ4v) is 4.38. The molecule has 0 unspecified atom stereocenters. The van der Waals surface area contributed by atoms with Gasteiger partial charge in [-0.1, -0.05) is 54.1 Å². The van der Waals surface area contributed by atoms with Crippen LogP contribution in [-0.4, -0.2) is 47.2 Å². The molecule has 2 heterocycles. The van der Waals surface area contributed by atoms with Crippen molar-refractivity contribution in [3.05, 3.63) is 88.6 Å². The number of para-hydroxylation sites is 1. The summed E-state index contributed by atoms with van der Waals surface area (Å²) in [6, 6.07) is 15.4. The minimum absolute atomic E-state index is 0.117. The Hall–Kier alpha value is -3.79. The Bertz CT molecular complexity index is 1260. The summed E-state index contributed by atoms with van der Waals surface area (Å²) in [5.41, 5.74) is 6.56. The van der Waals surface area contributed by atoms with E-state index in [0.29, 0.717) is 13.0 Å². The highest BCUT2D eigenvalue weighted by atomic mass is 35.5. The molecular formula is C25H22ClF3N4O3. The highest BCUT2D eigenvalue weighted by Gasteiger charge is 2.36. The zero-order valence-corrected chi connectivity index (χ0v) is 19.6. The number of nitrogen functional groups attached to an aromatic ring is 1. The molecule has 0 bridgehead atoms. The van der Waals surface area contributed by atoms with Crippen molar-refractivity contribution < 1.29 is 27.5 Å². The van der Waals surface area contributed by atoms with Crippen LogP contribution in [0.1, 0.15) is 38.6 Å². The van der Waals surface area contributed by atoms with Crippen molar-refractivity contribution in [1.29, 1.82) is 0 Å². The molecule has 4 rings (SSSR count). The molecule has 2 aromatic carbocycles. The maximum atomic E-state index is 13.1. The van der Waals surface area contributed by atoms with Crippen LogP contribution in [0.2, 0.25) is 5.02 Å². The van der Waals surface area contributed by atoms with Crippen LogP contribution < -0.4 is 15.8 Å². The van der Waals surface area contributed by atoms with Gasteiger partial charge in [0.15, 0.2) is 0 Å². The number of halogens is 4. The first-order valence-corrected chi connectivity index (χ1v) is 11.4. The lowest BCUT2D eigenvalue weighted by Crippen LogP contribution is -2.51. The normalized spacial score (nSPS) is 17.9. The topological polar surface area (TPSA) is 97.5 Å². The number of piperidine rings is 1. The number of carbonyl (C=O) groups is 2. The molecular weight excluding hydrogens is 497 g/mol. The Morgan fingerprint density at radius 2 is 1.81 bits per heavy atom. The van der Waals surface area contributed by atoms with Crippen LogP contribution in [0.4, 0.5) is 19.0 Å². The summed E-state index contributed by atoms with van der Waals surface area (Å²) in [5.74, 6) is -1.78. The Labute approximate surface area is 210 Å². The first-order chi connectivity index (χ1) is 17.1. The Morgan fingerprint density at radius 1 is 1.11 bits per heavy atom. The van der Waals surface area contributed by atoms with Crippen LogP contribution >= 0.6 is 11.6 Å². The molecule has 1 saturated heterocycles. The van der Waals surface area contributed by atoms with Gasteiger partial charge in [-0.25, -0.2) is 4.98 Å². The number of nitrogens with zero attached hydrogens (tertiary/aromatic N) is 2. The molecule has 1 aromatic heterocycles. The number of nitrogens with two attached hydrogens (primary N) is 1. The summed E-state index contributed by atoms with van der Waals surface area (Å²) in [6.07, 6.45) is -3.21. The predicted octanol–water partition coefficient (Wildman–Crippen LogP) is 4.64. The van der Waals surface area contributed by atoms with Crippen molar-refractivity contribution in [2.75, 3.05) is 18.8 Å². The molecule has 0 radical (unpaired) electrons. The number of hydrogen-bond donors (Lipinski definition) is 2. The SMILES string of the molecule is Nc1ncc(C(=O)N2CC[C@@H](NC(=O)c3ccccc3OC(F)(F)F)[C@@H](c3ccccc3)C2)cc1Cl. The van der Waals surface area contributed by atoms with Gasteiger partial charge in [0, 0.05) is 31.2 Å². The minimum atomic E-state index is -4.94. The monoisotopic (exact) mass is 518 g/mol. The van der Waals surface area contributed by atoms with E-state index in [0.717, 1.165) is 11.6 Å². The number of ether oxygens (including phenoxy) is 1. The van der Waals surface area contributed by atoms with Crippen LogP contribution in [0.25, 0.3) is 0 Å². The molecule has 7 nitrogen and oxygen atoms in total. The molecule has 11 heteroatoms. The summed E-state index contributed by atoms with van der Waals surface area (Å²) >= 11 is 6.03. The number of aromatic nitrogens is 1. The molecule has 1 aliphatic heterocycles. The van der Waals surface area contributed by atoms with Crippen molar-refractivity contribution in [3.8, 4) is 5.75 Å². The molecule has 3 N–H and O–H groups in total. The number of pyridine rings is 1. The number of alkyl halides is 3. The van der Waals surface area contributed by atoms with Gasteiger partial charge in [0.2, 0.25) is 0 Å². The fourth-order valence-electron chi connectivity index (χ4n) is 4.21. The number of rotatable bonds is 5. The van der Waals surface area contributed by atoms with E-state index in [1.807, 2.05) is 30.3 Å². The van der Waals surface area contributed by atoms with E-state index in [2.05, 4.69) is 15.0 Å². The van der Waals surface area contributed by atoms with Gasteiger partial charge in [-0.2, -0.15) is 0 Å². The summed E-state index contributed by atoms with van der Waals surface area (Å²) in [7, 11) is 0. The molecule has 0 saturated carbocycles. The van der Waals surface area contributed by atoms with E-state index in [-0.39, 0.29) is 40.3 Å². The molecule has 36 heavy (non-hydrogen) atoms. The van der Waals surface area contributed by atoms with E-state index in [1.54, 1.807) is 4.90 Å². The van der Waals surface area contributed by atoms with Crippen molar-refractivity contribution in [2.45, 2.75) is 24.7 Å². The third-order valence-corrected chi connectivity index (χ3v) is 6.22. The quantitative estimate of drug-likeness (QED) is 0.512. The number of anilines is 1. The second kappa shape index (κ2) is 10.4. The summed E-state index contributed by atoms with van der Waals surface area (Å²) in [6.45, 7) is 0.562. The van der Waals surface area contributed by atoms with Gasteiger partial charge < -0.3 is 20.7 Å². The zero-order chi connectivity index (χ0) is 25.9. The van der Waals surface area contributed by atoms with Gasteiger partial charge in [0.05, 0.1) is 16.1 Å². The zero-order valence-electron chi connectivity index (χ0n) is 18.8. The number of hydrogen-bond acceptors (Lipinski definition) is 5. The van der Waals surface area contributed by atoms with Crippen molar-refractivity contribution in [3.63, 3.8) is 0 Å². The maximum absolute atomic E-state index is 13.1. The average Bonchev–Trinajstić information content (AvgIpc) is 2.85. The second-order valence-electron chi connectivity index (χ2n) is 8.27. The van der Waals surface area contributed by atoms with E-state index in [9.17, 15) is 22.8 Å². The molecule has 1 fully saturated rings. The van der Waals surface area contributed by atoms with Gasteiger partial charge in [-0.05, 0) is 30.2 Å². The van der Waals surface area contributed by atoms with E-state index >= 15 is 0 Å². The van der Waals surface area contributed by atoms with E-state index in [1.165, 1.54) is 30.5 Å². The molecule has 0 aliphatic carbocycles. The lowest BCUT2D eigenvalue weighted by molar-refractivity contribution is -0.274. The summed E-state index contributed by atoms with van der Waals surface area (Å²) in [4.78, 5) is 31.7. The number of benzene rings is 2. The van der Waals surface area contributed by atoms with Crippen LogP contribution in [-0.2, 0) is 0 Å². The predicted molar refractivity (Wildman–Crippen MR) is 128 cm³/mol. The summed E-state index contributed by atoms with van der Waals surface area (Å²) in [5, 5.41) is 3.02. The van der Waals surface area contributed by atoms with E-state index in [4.69, 9.17) is 17.3 Å². The minimum Gasteiger partial charge on any atom is -0.405 e. The highest BCUT2D eigenvalue weighted by molar-refractivity contribution is 6.33. The Kier molecular flexibility index (Phi) is 7.35. The van der Waals surface area contributed by atoms with Crippen LogP contribution in [0, 0.1) is 0 Å². The lowest BCUT2D eigenvalue weighted by Gasteiger charge is -2.39. The number of likely N-dealkylation sites (tertiary alicyclic amines) is 1. The van der Waals surface area contributed by atoms with E-state index < -0.39 is 24.1 Å². The standard InChI is InChI=1S/C25H22ClF3N4O3/c26-19-12-16(13-31-22(19)30)24(35)33-11-10-20(18(14-33)15-6-2-1-3-7-15)32-23(34)17-8-4-5-9-21(17)36-25(27,28)29/h1-9,12-13,18,20H,10-11,14H2,(H2,30,31)(H,32,34)/t18-,20-/m1/s1. The van der Waals surface area contributed by atoms with Gasteiger partial charge in [0.25, 0.3) is 11.8 Å². The third kappa shape index (κ3) is 5.88. The largest absolute Gasteiger partial charge is 0.573 e. The van der Waals surface area contributed by atoms with Crippen LogP contribution in [0.5, 0.6) is 5.75 Å². The van der Waals surface area contributed by atoms with Crippen LogP contribution in [0.3, 0.4) is 0 Å². The van der Waals surface area contributed by atoms with Gasteiger partial charge >= 0.3 is 6.36 Å². The number of carbonyl (C=O) groups excluding carboxylic acids is 2. The lowest BCUT2D eigenvalue weighted by atomic mass is 9.85. The van der Waals surface area contributed by atoms with Crippen molar-refractivity contribution >= 4 is 29.2 Å². The molecule has 3 aromatic rings. The third-order valence-electron chi connectivity index (χ3n) is 5.92. The number of nitrogens with one attached hydrogen (secondary N) is 1. The average molecular weight is 519 g/mol. The van der Waals surface area contributed by atoms with Gasteiger partial charge in [-0.3, -0.25) is 9.59 Å². The maximum Gasteiger partial charge on any atom is 0.573 e.